The molecule has 0 atom stereocenters. The molecule has 0 saturated heterocycles. The number of aromatic nitrogens is 1. The fourth-order valence-corrected chi connectivity index (χ4v) is 2.85. The number of methoxy groups -OCH3 is 2. The molecule has 0 radical (unpaired) electrons. The van der Waals surface area contributed by atoms with Crippen LogP contribution in [0.25, 0.3) is 11.1 Å². The summed E-state index contributed by atoms with van der Waals surface area (Å²) < 4.78 is 10.8. The van der Waals surface area contributed by atoms with Gasteiger partial charge in [0.05, 0.1) is 19.1 Å². The van der Waals surface area contributed by atoms with Gasteiger partial charge in [0.1, 0.15) is 5.75 Å². The SMILES string of the molecule is COCc1cncc(-c2ccc(C(C)(C)C(=O)NCC(C)C)cc2OC)c1. The Morgan fingerprint density at radius 2 is 1.93 bits per heavy atom. The summed E-state index contributed by atoms with van der Waals surface area (Å²) in [5, 5.41) is 3.02. The molecule has 0 aliphatic carbocycles. The van der Waals surface area contributed by atoms with Crippen LogP contribution >= 0.6 is 0 Å². The van der Waals surface area contributed by atoms with Crippen LogP contribution in [-0.4, -0.2) is 31.7 Å². The van der Waals surface area contributed by atoms with Gasteiger partial charge in [0.2, 0.25) is 5.91 Å². The smallest absolute Gasteiger partial charge is 0.230 e. The fourth-order valence-electron chi connectivity index (χ4n) is 2.85. The number of nitrogens with zero attached hydrogens (tertiary/aromatic N) is 1. The molecular formula is C22H30N2O3. The largest absolute Gasteiger partial charge is 0.496 e. The molecule has 1 N–H and O–H groups in total. The summed E-state index contributed by atoms with van der Waals surface area (Å²) in [6.07, 6.45) is 3.59. The van der Waals surface area contributed by atoms with Crippen LogP contribution in [0, 0.1) is 5.92 Å². The molecule has 0 aliphatic rings. The number of carbonyl (C=O) groups excluding carboxylic acids is 1. The number of nitrogens with one attached hydrogen (secondary N) is 1. The Kier molecular flexibility index (Phi) is 6.97. The minimum absolute atomic E-state index is 0.00904. The molecular weight excluding hydrogens is 340 g/mol. The molecule has 146 valence electrons. The minimum atomic E-state index is -0.656. The van der Waals surface area contributed by atoms with Gasteiger partial charge >= 0.3 is 0 Å². The van der Waals surface area contributed by atoms with Crippen LogP contribution in [0.4, 0.5) is 0 Å². The summed E-state index contributed by atoms with van der Waals surface area (Å²) in [4.78, 5) is 17.0. The van der Waals surface area contributed by atoms with Crippen molar-refractivity contribution in [2.75, 3.05) is 20.8 Å². The topological polar surface area (TPSA) is 60.5 Å². The highest BCUT2D eigenvalue weighted by molar-refractivity contribution is 5.88. The number of amides is 1. The molecule has 0 saturated carbocycles. The lowest BCUT2D eigenvalue weighted by atomic mass is 9.82. The lowest BCUT2D eigenvalue weighted by Gasteiger charge is -2.26. The molecule has 1 aromatic heterocycles. The number of rotatable bonds is 8. The van der Waals surface area contributed by atoms with Crippen LogP contribution in [0.2, 0.25) is 0 Å². The first-order valence-electron chi connectivity index (χ1n) is 9.19. The Labute approximate surface area is 162 Å². The van der Waals surface area contributed by atoms with Gasteiger partial charge in [-0.15, -0.1) is 0 Å². The molecule has 0 fully saturated rings. The maximum atomic E-state index is 12.7. The van der Waals surface area contributed by atoms with Gasteiger partial charge in [-0.2, -0.15) is 0 Å². The van der Waals surface area contributed by atoms with Crippen molar-refractivity contribution in [3.8, 4) is 16.9 Å². The van der Waals surface area contributed by atoms with E-state index in [2.05, 4.69) is 24.1 Å². The highest BCUT2D eigenvalue weighted by atomic mass is 16.5. The number of benzene rings is 1. The third kappa shape index (κ3) is 5.07. The predicted molar refractivity (Wildman–Crippen MR) is 108 cm³/mol. The Bertz CT molecular complexity index is 785. The van der Waals surface area contributed by atoms with E-state index in [1.807, 2.05) is 38.1 Å². The summed E-state index contributed by atoms with van der Waals surface area (Å²) >= 11 is 0. The summed E-state index contributed by atoms with van der Waals surface area (Å²) in [5.74, 6) is 1.14. The molecule has 0 spiro atoms. The molecule has 0 aliphatic heterocycles. The summed E-state index contributed by atoms with van der Waals surface area (Å²) in [5.41, 5.74) is 3.14. The maximum Gasteiger partial charge on any atom is 0.230 e. The van der Waals surface area contributed by atoms with Gasteiger partial charge in [-0.3, -0.25) is 9.78 Å². The van der Waals surface area contributed by atoms with Gasteiger partial charge < -0.3 is 14.8 Å². The van der Waals surface area contributed by atoms with Crippen molar-refractivity contribution < 1.29 is 14.3 Å². The Hall–Kier alpha value is -2.40. The zero-order valence-corrected chi connectivity index (χ0v) is 17.1. The van der Waals surface area contributed by atoms with Crippen LogP contribution in [0.1, 0.15) is 38.8 Å². The summed E-state index contributed by atoms with van der Waals surface area (Å²) in [6.45, 7) is 9.18. The van der Waals surface area contributed by atoms with Crippen LogP contribution < -0.4 is 10.1 Å². The van der Waals surface area contributed by atoms with Gasteiger partial charge in [0, 0.05) is 37.2 Å². The van der Waals surface area contributed by atoms with Crippen molar-refractivity contribution in [2.24, 2.45) is 5.92 Å². The molecule has 1 amide bonds. The molecule has 5 heteroatoms. The van der Waals surface area contributed by atoms with Crippen molar-refractivity contribution in [3.63, 3.8) is 0 Å². The van der Waals surface area contributed by atoms with Crippen molar-refractivity contribution in [1.82, 2.24) is 10.3 Å². The van der Waals surface area contributed by atoms with E-state index in [9.17, 15) is 4.79 Å². The van der Waals surface area contributed by atoms with Crippen molar-refractivity contribution in [3.05, 3.63) is 47.8 Å². The summed E-state index contributed by atoms with van der Waals surface area (Å²) in [7, 11) is 3.30. The summed E-state index contributed by atoms with van der Waals surface area (Å²) in [6, 6.07) is 7.94. The number of carbonyl (C=O) groups is 1. The van der Waals surface area contributed by atoms with Crippen molar-refractivity contribution >= 4 is 5.91 Å². The second kappa shape index (κ2) is 9.00. The predicted octanol–water partition coefficient (Wildman–Crippen LogP) is 3.95. The molecule has 2 aromatic rings. The lowest BCUT2D eigenvalue weighted by Crippen LogP contribution is -2.41. The van der Waals surface area contributed by atoms with E-state index in [1.54, 1.807) is 26.6 Å². The third-order valence-corrected chi connectivity index (χ3v) is 4.58. The Morgan fingerprint density at radius 3 is 2.56 bits per heavy atom. The molecule has 27 heavy (non-hydrogen) atoms. The first kappa shape index (κ1) is 20.9. The average Bonchev–Trinajstić information content (AvgIpc) is 2.65. The van der Waals surface area contributed by atoms with Gasteiger partial charge in [-0.25, -0.2) is 0 Å². The Balaban J connectivity index is 2.35. The maximum absolute atomic E-state index is 12.7. The Morgan fingerprint density at radius 1 is 1.19 bits per heavy atom. The number of pyridine rings is 1. The van der Waals surface area contributed by atoms with E-state index in [0.717, 1.165) is 22.3 Å². The molecule has 5 nitrogen and oxygen atoms in total. The lowest BCUT2D eigenvalue weighted by molar-refractivity contribution is -0.125. The monoisotopic (exact) mass is 370 g/mol. The quantitative estimate of drug-likeness (QED) is 0.764. The number of hydrogen-bond acceptors (Lipinski definition) is 4. The van der Waals surface area contributed by atoms with Crippen molar-refractivity contribution in [2.45, 2.75) is 39.7 Å². The first-order valence-corrected chi connectivity index (χ1v) is 9.19. The first-order chi connectivity index (χ1) is 12.8. The normalized spacial score (nSPS) is 11.5. The van der Waals surface area contributed by atoms with Crippen LogP contribution in [-0.2, 0) is 21.6 Å². The molecule has 0 bridgehead atoms. The second-order valence-electron chi connectivity index (χ2n) is 7.66. The van der Waals surface area contributed by atoms with E-state index in [4.69, 9.17) is 9.47 Å². The van der Waals surface area contributed by atoms with Crippen molar-refractivity contribution in [1.29, 1.82) is 0 Å². The molecule has 0 unspecified atom stereocenters. The van der Waals surface area contributed by atoms with Crippen LogP contribution in [0.3, 0.4) is 0 Å². The molecule has 2 rings (SSSR count). The highest BCUT2D eigenvalue weighted by Crippen LogP contribution is 2.35. The average molecular weight is 370 g/mol. The van der Waals surface area contributed by atoms with E-state index in [-0.39, 0.29) is 5.91 Å². The van der Waals surface area contributed by atoms with E-state index in [1.165, 1.54) is 0 Å². The van der Waals surface area contributed by atoms with E-state index >= 15 is 0 Å². The van der Waals surface area contributed by atoms with Gasteiger partial charge in [-0.1, -0.05) is 26.0 Å². The van der Waals surface area contributed by atoms with Gasteiger partial charge in [-0.05, 0) is 43.0 Å². The molecule has 1 aromatic carbocycles. The number of ether oxygens (including phenoxy) is 2. The van der Waals surface area contributed by atoms with Crippen LogP contribution in [0.15, 0.2) is 36.7 Å². The standard InChI is InChI=1S/C22H30N2O3/c1-15(2)11-24-21(25)22(3,4)18-7-8-19(20(10-18)27-6)17-9-16(14-26-5)12-23-13-17/h7-10,12-13,15H,11,14H2,1-6H3,(H,24,25). The van der Waals surface area contributed by atoms with Gasteiger partial charge in [0.15, 0.2) is 0 Å². The third-order valence-electron chi connectivity index (χ3n) is 4.58. The van der Waals surface area contributed by atoms with Crippen LogP contribution in [0.5, 0.6) is 5.75 Å². The van der Waals surface area contributed by atoms with E-state index in [0.29, 0.717) is 24.8 Å². The number of hydrogen-bond donors (Lipinski definition) is 1. The minimum Gasteiger partial charge on any atom is -0.496 e. The zero-order chi connectivity index (χ0) is 20.0. The highest BCUT2D eigenvalue weighted by Gasteiger charge is 2.30. The van der Waals surface area contributed by atoms with Gasteiger partial charge in [0.25, 0.3) is 0 Å². The zero-order valence-electron chi connectivity index (χ0n) is 17.1. The fraction of sp³-hybridized carbons (Fsp3) is 0.455. The second-order valence-corrected chi connectivity index (χ2v) is 7.66. The van der Waals surface area contributed by atoms with E-state index < -0.39 is 5.41 Å². The molecule has 1 heterocycles.